The molecule has 1 unspecified atom stereocenters. The van der Waals surface area contributed by atoms with Gasteiger partial charge in [-0.2, -0.15) is 0 Å². The van der Waals surface area contributed by atoms with Crippen molar-refractivity contribution in [3.05, 3.63) is 35.7 Å². The number of amidine groups is 1. The van der Waals surface area contributed by atoms with Crippen molar-refractivity contribution in [2.45, 2.75) is 20.0 Å². The fourth-order valence-corrected chi connectivity index (χ4v) is 3.22. The van der Waals surface area contributed by atoms with Crippen LogP contribution in [0.25, 0.3) is 0 Å². The van der Waals surface area contributed by atoms with E-state index in [1.165, 1.54) is 31.3 Å². The van der Waals surface area contributed by atoms with Crippen molar-refractivity contribution in [3.63, 3.8) is 0 Å². The molecule has 0 spiro atoms. The molecule has 0 saturated heterocycles. The molecule has 3 rings (SSSR count). The highest BCUT2D eigenvalue weighted by Crippen LogP contribution is 2.17. The maximum atomic E-state index is 12.2. The molecule has 1 aromatic rings. The van der Waals surface area contributed by atoms with E-state index in [-0.39, 0.29) is 29.6 Å². The first-order chi connectivity index (χ1) is 12.2. The molecular weight excluding hydrogens is 364 g/mol. The number of amides is 1. The number of nitrogens with one attached hydrogen (secondary N) is 1. The van der Waals surface area contributed by atoms with Crippen molar-refractivity contribution in [2.75, 3.05) is 17.6 Å². The average Bonchev–Trinajstić information content (AvgIpc) is 2.98. The van der Waals surface area contributed by atoms with Gasteiger partial charge < -0.3 is 14.2 Å². The quantitative estimate of drug-likeness (QED) is 0.740. The minimum Gasteiger partial charge on any atom is -0.449 e. The number of aryl methyl sites for hydroxylation is 1. The zero-order valence-corrected chi connectivity index (χ0v) is 14.8. The normalized spacial score (nSPS) is 19.1. The first kappa shape index (κ1) is 17.9. The Morgan fingerprint density at radius 1 is 1.38 bits per heavy atom. The lowest BCUT2D eigenvalue weighted by Crippen LogP contribution is -2.37. The number of esters is 1. The molecule has 1 atom stereocenters. The number of hydrogen-bond acceptors (Lipinski definition) is 8. The number of sulfonamides is 1. The van der Waals surface area contributed by atoms with E-state index in [0.717, 1.165) is 0 Å². The second-order valence-electron chi connectivity index (χ2n) is 5.72. The second-order valence-corrected chi connectivity index (χ2v) is 7.47. The molecule has 26 heavy (non-hydrogen) atoms. The van der Waals surface area contributed by atoms with Crippen LogP contribution in [0.5, 0.6) is 0 Å². The zero-order valence-electron chi connectivity index (χ0n) is 14.0. The molecule has 10 nitrogen and oxygen atoms in total. The molecule has 0 fully saturated rings. The number of ether oxygens (including phenoxy) is 1. The van der Waals surface area contributed by atoms with Crippen molar-refractivity contribution in [1.82, 2.24) is 10.1 Å². The Balaban J connectivity index is 1.62. The highest BCUT2D eigenvalue weighted by molar-refractivity contribution is 7.90. The number of fused-ring (bicyclic) bond motifs is 1. The Bertz CT molecular complexity index is 943. The van der Waals surface area contributed by atoms with Crippen LogP contribution in [0.3, 0.4) is 0 Å². The van der Waals surface area contributed by atoms with Gasteiger partial charge in [0.1, 0.15) is 5.84 Å². The predicted octanol–water partition coefficient (Wildman–Crippen LogP) is 0.351. The molecule has 1 aromatic heterocycles. The minimum absolute atomic E-state index is 0.140. The average molecular weight is 380 g/mol. The fourth-order valence-electron chi connectivity index (χ4n) is 2.25. The SMILES string of the molecule is Cc1cc(NC(=O)C(C)OC(=O)C2=CN3CCS(=O)(=O)N=C3C=C2)on1. The number of carbonyl (C=O) groups excluding carboxylic acids is 2. The zero-order chi connectivity index (χ0) is 18.9. The third-order valence-electron chi connectivity index (χ3n) is 3.59. The fraction of sp³-hybridized carbons (Fsp3) is 0.333. The van der Waals surface area contributed by atoms with Gasteiger partial charge >= 0.3 is 5.97 Å². The Kier molecular flexibility index (Phi) is 4.64. The number of anilines is 1. The Morgan fingerprint density at radius 3 is 2.85 bits per heavy atom. The molecule has 2 aliphatic heterocycles. The van der Waals surface area contributed by atoms with Gasteiger partial charge in [0.15, 0.2) is 6.10 Å². The topological polar surface area (TPSA) is 131 Å². The summed E-state index contributed by atoms with van der Waals surface area (Å²) in [5.74, 6) is -1.04. The van der Waals surface area contributed by atoms with Crippen LogP contribution in [-0.4, -0.2) is 54.6 Å². The molecule has 0 aromatic carbocycles. The van der Waals surface area contributed by atoms with Crippen molar-refractivity contribution < 1.29 is 27.3 Å². The molecule has 3 heterocycles. The first-order valence-electron chi connectivity index (χ1n) is 7.68. The number of aromatic nitrogens is 1. The van der Waals surface area contributed by atoms with Crippen LogP contribution in [0.15, 0.2) is 38.9 Å². The van der Waals surface area contributed by atoms with Gasteiger partial charge in [-0.15, -0.1) is 4.40 Å². The maximum Gasteiger partial charge on any atom is 0.340 e. The van der Waals surface area contributed by atoms with E-state index in [9.17, 15) is 18.0 Å². The number of hydrogen-bond donors (Lipinski definition) is 1. The lowest BCUT2D eigenvalue weighted by Gasteiger charge is -2.27. The summed E-state index contributed by atoms with van der Waals surface area (Å²) in [5.41, 5.74) is 0.780. The van der Waals surface area contributed by atoms with Gasteiger partial charge in [0.05, 0.1) is 17.0 Å². The lowest BCUT2D eigenvalue weighted by molar-refractivity contribution is -0.149. The van der Waals surface area contributed by atoms with Crippen LogP contribution < -0.4 is 5.32 Å². The van der Waals surface area contributed by atoms with Gasteiger partial charge in [0.2, 0.25) is 5.88 Å². The van der Waals surface area contributed by atoms with E-state index in [2.05, 4.69) is 14.9 Å². The van der Waals surface area contributed by atoms with Crippen LogP contribution >= 0.6 is 0 Å². The highest BCUT2D eigenvalue weighted by Gasteiger charge is 2.27. The Hall–Kier alpha value is -2.95. The predicted molar refractivity (Wildman–Crippen MR) is 90.6 cm³/mol. The van der Waals surface area contributed by atoms with Gasteiger partial charge in [-0.05, 0) is 26.0 Å². The molecule has 0 bridgehead atoms. The molecule has 0 radical (unpaired) electrons. The lowest BCUT2D eigenvalue weighted by atomic mass is 10.2. The molecule has 1 amide bonds. The van der Waals surface area contributed by atoms with Crippen molar-refractivity contribution in [2.24, 2.45) is 4.40 Å². The standard InChI is InChI=1S/C15H16N4O6S/c1-9-7-13(25-17-9)16-14(20)10(2)24-15(21)11-3-4-12-18-26(22,23)6-5-19(12)8-11/h3-4,7-8,10H,5-6H2,1-2H3,(H,16,20). The summed E-state index contributed by atoms with van der Waals surface area (Å²) in [4.78, 5) is 25.8. The highest BCUT2D eigenvalue weighted by atomic mass is 32.2. The summed E-state index contributed by atoms with van der Waals surface area (Å²) in [5, 5.41) is 6.08. The second kappa shape index (κ2) is 6.75. The molecule has 138 valence electrons. The summed E-state index contributed by atoms with van der Waals surface area (Å²) in [7, 11) is -3.47. The smallest absolute Gasteiger partial charge is 0.340 e. The molecule has 2 aliphatic rings. The van der Waals surface area contributed by atoms with Crippen molar-refractivity contribution >= 4 is 33.6 Å². The molecular formula is C15H16N4O6S. The Labute approximate surface area is 149 Å². The van der Waals surface area contributed by atoms with Gasteiger partial charge in [-0.25, -0.2) is 13.2 Å². The number of carbonyl (C=O) groups is 2. The summed E-state index contributed by atoms with van der Waals surface area (Å²) < 4.78 is 36.6. The summed E-state index contributed by atoms with van der Waals surface area (Å²) in [6.07, 6.45) is 3.18. The van der Waals surface area contributed by atoms with Gasteiger partial charge in [-0.3, -0.25) is 10.1 Å². The summed E-state index contributed by atoms with van der Waals surface area (Å²) in [6.45, 7) is 3.31. The summed E-state index contributed by atoms with van der Waals surface area (Å²) >= 11 is 0. The Morgan fingerprint density at radius 2 is 2.15 bits per heavy atom. The van der Waals surface area contributed by atoms with Crippen LogP contribution in [0.2, 0.25) is 0 Å². The molecule has 1 N–H and O–H groups in total. The van der Waals surface area contributed by atoms with Gasteiger partial charge in [0, 0.05) is 18.8 Å². The molecule has 0 aliphatic carbocycles. The largest absolute Gasteiger partial charge is 0.449 e. The van der Waals surface area contributed by atoms with Crippen LogP contribution in [-0.2, 0) is 24.3 Å². The minimum atomic E-state index is -3.47. The van der Waals surface area contributed by atoms with E-state index in [1.54, 1.807) is 11.8 Å². The van der Waals surface area contributed by atoms with Crippen LogP contribution in [0.4, 0.5) is 5.88 Å². The van der Waals surface area contributed by atoms with E-state index in [0.29, 0.717) is 5.69 Å². The van der Waals surface area contributed by atoms with Crippen molar-refractivity contribution in [3.8, 4) is 0 Å². The maximum absolute atomic E-state index is 12.2. The third kappa shape index (κ3) is 3.99. The number of rotatable bonds is 4. The van der Waals surface area contributed by atoms with E-state index in [4.69, 9.17) is 9.26 Å². The monoisotopic (exact) mass is 380 g/mol. The first-order valence-corrected chi connectivity index (χ1v) is 9.29. The third-order valence-corrected chi connectivity index (χ3v) is 4.75. The number of nitrogens with zero attached hydrogens (tertiary/aromatic N) is 3. The van der Waals surface area contributed by atoms with Crippen molar-refractivity contribution in [1.29, 1.82) is 0 Å². The van der Waals surface area contributed by atoms with E-state index >= 15 is 0 Å². The van der Waals surface area contributed by atoms with E-state index < -0.39 is 28.0 Å². The molecule has 0 saturated carbocycles. The van der Waals surface area contributed by atoms with Crippen LogP contribution in [0, 0.1) is 6.92 Å². The van der Waals surface area contributed by atoms with Gasteiger partial charge in [-0.1, -0.05) is 5.16 Å². The van der Waals surface area contributed by atoms with Crippen LogP contribution in [0.1, 0.15) is 12.6 Å². The van der Waals surface area contributed by atoms with E-state index in [1.807, 2.05) is 0 Å². The molecule has 11 heteroatoms. The van der Waals surface area contributed by atoms with Gasteiger partial charge in [0.25, 0.3) is 15.9 Å². The summed E-state index contributed by atoms with van der Waals surface area (Å²) in [6, 6.07) is 1.53.